The van der Waals surface area contributed by atoms with Crippen LogP contribution in [-0.2, 0) is 9.59 Å². The molecular weight excluding hydrogens is 254 g/mol. The summed E-state index contributed by atoms with van der Waals surface area (Å²) in [6.45, 7) is 9.71. The maximum atomic E-state index is 12.2. The minimum absolute atomic E-state index is 0.0916. The molecule has 1 rings (SSSR count). The molecule has 3 N–H and O–H groups in total. The standard InChI is InChI=1S/C15H23N3O2/c1-6-16-15(4,5)14(20)18-12-7-8-13(10(2)9-12)17-11(3)19/h7-9,16H,6H2,1-5H3,(H,17,19)(H,18,20). The van der Waals surface area contributed by atoms with Crippen molar-refractivity contribution in [1.29, 1.82) is 0 Å². The summed E-state index contributed by atoms with van der Waals surface area (Å²) in [7, 11) is 0. The number of benzene rings is 1. The van der Waals surface area contributed by atoms with Gasteiger partial charge in [-0.3, -0.25) is 9.59 Å². The molecule has 0 saturated carbocycles. The van der Waals surface area contributed by atoms with E-state index < -0.39 is 5.54 Å². The van der Waals surface area contributed by atoms with Crippen LogP contribution in [0.2, 0.25) is 0 Å². The minimum atomic E-state index is -0.626. The van der Waals surface area contributed by atoms with Gasteiger partial charge in [0, 0.05) is 18.3 Å². The van der Waals surface area contributed by atoms with Crippen LogP contribution in [0.4, 0.5) is 11.4 Å². The summed E-state index contributed by atoms with van der Waals surface area (Å²) in [5.74, 6) is -0.204. The lowest BCUT2D eigenvalue weighted by Gasteiger charge is -2.24. The molecule has 0 aromatic heterocycles. The summed E-state index contributed by atoms with van der Waals surface area (Å²) in [6, 6.07) is 5.40. The number of hydrogen-bond donors (Lipinski definition) is 3. The highest BCUT2D eigenvalue weighted by molar-refractivity contribution is 5.98. The van der Waals surface area contributed by atoms with E-state index in [2.05, 4.69) is 16.0 Å². The van der Waals surface area contributed by atoms with Crippen molar-refractivity contribution in [2.75, 3.05) is 17.2 Å². The Balaban J connectivity index is 2.82. The molecule has 1 aromatic carbocycles. The molecule has 20 heavy (non-hydrogen) atoms. The number of rotatable bonds is 5. The Labute approximate surface area is 120 Å². The number of aryl methyl sites for hydroxylation is 1. The van der Waals surface area contributed by atoms with E-state index >= 15 is 0 Å². The van der Waals surface area contributed by atoms with E-state index in [4.69, 9.17) is 0 Å². The second-order valence-electron chi connectivity index (χ2n) is 5.32. The van der Waals surface area contributed by atoms with Crippen molar-refractivity contribution >= 4 is 23.2 Å². The number of amides is 2. The topological polar surface area (TPSA) is 70.2 Å². The van der Waals surface area contributed by atoms with Crippen molar-refractivity contribution in [2.45, 2.75) is 40.2 Å². The molecule has 0 fully saturated rings. The highest BCUT2D eigenvalue weighted by Crippen LogP contribution is 2.20. The second-order valence-corrected chi connectivity index (χ2v) is 5.32. The van der Waals surface area contributed by atoms with Crippen LogP contribution in [0.1, 0.15) is 33.3 Å². The Bertz CT molecular complexity index is 510. The van der Waals surface area contributed by atoms with Gasteiger partial charge in [-0.1, -0.05) is 6.92 Å². The first-order chi connectivity index (χ1) is 9.26. The minimum Gasteiger partial charge on any atom is -0.326 e. The molecular formula is C15H23N3O2. The first kappa shape index (κ1) is 16.2. The van der Waals surface area contributed by atoms with E-state index in [9.17, 15) is 9.59 Å². The Morgan fingerprint density at radius 2 is 1.85 bits per heavy atom. The highest BCUT2D eigenvalue weighted by atomic mass is 16.2. The van der Waals surface area contributed by atoms with Crippen LogP contribution in [0.5, 0.6) is 0 Å². The van der Waals surface area contributed by atoms with Crippen LogP contribution in [0.25, 0.3) is 0 Å². The van der Waals surface area contributed by atoms with Crippen LogP contribution < -0.4 is 16.0 Å². The van der Waals surface area contributed by atoms with Crippen molar-refractivity contribution in [3.8, 4) is 0 Å². The third kappa shape index (κ3) is 4.35. The maximum absolute atomic E-state index is 12.2. The van der Waals surface area contributed by atoms with Gasteiger partial charge in [0.2, 0.25) is 11.8 Å². The first-order valence-corrected chi connectivity index (χ1v) is 6.71. The van der Waals surface area contributed by atoms with Gasteiger partial charge in [-0.2, -0.15) is 0 Å². The van der Waals surface area contributed by atoms with Crippen molar-refractivity contribution < 1.29 is 9.59 Å². The fourth-order valence-electron chi connectivity index (χ4n) is 1.88. The average Bonchev–Trinajstić information content (AvgIpc) is 2.32. The molecule has 0 saturated heterocycles. The van der Waals surface area contributed by atoms with Crippen LogP contribution >= 0.6 is 0 Å². The van der Waals surface area contributed by atoms with Crippen molar-refractivity contribution in [3.63, 3.8) is 0 Å². The monoisotopic (exact) mass is 277 g/mol. The smallest absolute Gasteiger partial charge is 0.244 e. The number of likely N-dealkylation sites (N-methyl/N-ethyl adjacent to an activating group) is 1. The number of carbonyl (C=O) groups is 2. The largest absolute Gasteiger partial charge is 0.326 e. The molecule has 0 spiro atoms. The molecule has 0 radical (unpaired) electrons. The van der Waals surface area contributed by atoms with E-state index in [1.165, 1.54) is 6.92 Å². The fourth-order valence-corrected chi connectivity index (χ4v) is 1.88. The summed E-state index contributed by atoms with van der Waals surface area (Å²) in [5, 5.41) is 8.74. The van der Waals surface area contributed by atoms with Gasteiger partial charge >= 0.3 is 0 Å². The third-order valence-electron chi connectivity index (χ3n) is 2.98. The quantitative estimate of drug-likeness (QED) is 0.773. The zero-order chi connectivity index (χ0) is 15.3. The highest BCUT2D eigenvalue weighted by Gasteiger charge is 2.26. The van der Waals surface area contributed by atoms with E-state index in [1.807, 2.05) is 33.8 Å². The molecule has 0 aliphatic heterocycles. The van der Waals surface area contributed by atoms with Crippen LogP contribution in [0, 0.1) is 6.92 Å². The van der Waals surface area contributed by atoms with Gasteiger partial charge in [-0.05, 0) is 51.1 Å². The molecule has 5 nitrogen and oxygen atoms in total. The van der Waals surface area contributed by atoms with E-state index in [0.717, 1.165) is 17.8 Å². The molecule has 0 aliphatic rings. The summed E-state index contributed by atoms with van der Waals surface area (Å²) < 4.78 is 0. The van der Waals surface area contributed by atoms with Gasteiger partial charge in [0.25, 0.3) is 0 Å². The molecule has 0 atom stereocenters. The lowest BCUT2D eigenvalue weighted by Crippen LogP contribution is -2.49. The number of hydrogen-bond acceptors (Lipinski definition) is 3. The van der Waals surface area contributed by atoms with Crippen molar-refractivity contribution in [1.82, 2.24) is 5.32 Å². The number of carbonyl (C=O) groups excluding carboxylic acids is 2. The fraction of sp³-hybridized carbons (Fsp3) is 0.467. The third-order valence-corrected chi connectivity index (χ3v) is 2.98. The Hall–Kier alpha value is -1.88. The van der Waals surface area contributed by atoms with Gasteiger partial charge in [0.15, 0.2) is 0 Å². The van der Waals surface area contributed by atoms with Gasteiger partial charge in [-0.25, -0.2) is 0 Å². The van der Waals surface area contributed by atoms with Crippen LogP contribution in [0.15, 0.2) is 18.2 Å². The van der Waals surface area contributed by atoms with Gasteiger partial charge in [-0.15, -0.1) is 0 Å². The summed E-state index contributed by atoms with van der Waals surface area (Å²) in [5.41, 5.74) is 1.74. The van der Waals surface area contributed by atoms with Gasteiger partial charge in [0.05, 0.1) is 5.54 Å². The summed E-state index contributed by atoms with van der Waals surface area (Å²) >= 11 is 0. The van der Waals surface area contributed by atoms with E-state index in [0.29, 0.717) is 5.69 Å². The van der Waals surface area contributed by atoms with E-state index in [-0.39, 0.29) is 11.8 Å². The molecule has 0 unspecified atom stereocenters. The first-order valence-electron chi connectivity index (χ1n) is 6.71. The Kier molecular flexibility index (Phi) is 5.27. The van der Waals surface area contributed by atoms with Crippen LogP contribution in [0.3, 0.4) is 0 Å². The lowest BCUT2D eigenvalue weighted by atomic mass is 10.0. The molecule has 2 amide bonds. The SMILES string of the molecule is CCNC(C)(C)C(=O)Nc1ccc(NC(C)=O)c(C)c1. The molecule has 110 valence electrons. The molecule has 0 aliphatic carbocycles. The predicted octanol–water partition coefficient (Wildman–Crippen LogP) is 2.28. The van der Waals surface area contributed by atoms with Crippen molar-refractivity contribution in [2.24, 2.45) is 0 Å². The average molecular weight is 277 g/mol. The molecule has 1 aromatic rings. The number of nitrogens with one attached hydrogen (secondary N) is 3. The number of anilines is 2. The van der Waals surface area contributed by atoms with E-state index in [1.54, 1.807) is 12.1 Å². The van der Waals surface area contributed by atoms with Gasteiger partial charge < -0.3 is 16.0 Å². The van der Waals surface area contributed by atoms with Crippen molar-refractivity contribution in [3.05, 3.63) is 23.8 Å². The lowest BCUT2D eigenvalue weighted by molar-refractivity contribution is -0.121. The maximum Gasteiger partial charge on any atom is 0.244 e. The Morgan fingerprint density at radius 3 is 2.35 bits per heavy atom. The second kappa shape index (κ2) is 6.52. The summed E-state index contributed by atoms with van der Waals surface area (Å²) in [6.07, 6.45) is 0. The molecule has 0 bridgehead atoms. The molecule has 0 heterocycles. The Morgan fingerprint density at radius 1 is 1.20 bits per heavy atom. The van der Waals surface area contributed by atoms with Crippen LogP contribution in [-0.4, -0.2) is 23.9 Å². The zero-order valence-corrected chi connectivity index (χ0v) is 12.8. The molecule has 5 heteroatoms. The predicted molar refractivity (Wildman–Crippen MR) is 81.9 cm³/mol. The van der Waals surface area contributed by atoms with Gasteiger partial charge in [0.1, 0.15) is 0 Å². The summed E-state index contributed by atoms with van der Waals surface area (Å²) in [4.78, 5) is 23.2. The zero-order valence-electron chi connectivity index (χ0n) is 12.8. The normalized spacial score (nSPS) is 11.1.